The molecule has 0 N–H and O–H groups in total. The van der Waals surface area contributed by atoms with Crippen molar-refractivity contribution in [2.45, 2.75) is 60.9 Å². The summed E-state index contributed by atoms with van der Waals surface area (Å²) in [5.41, 5.74) is 0. The number of ketones is 1. The molecule has 0 aliphatic carbocycles. The van der Waals surface area contributed by atoms with Crippen molar-refractivity contribution in [3.8, 4) is 0 Å². The van der Waals surface area contributed by atoms with Crippen LogP contribution < -0.4 is 0 Å². The van der Waals surface area contributed by atoms with Crippen LogP contribution in [0.2, 0.25) is 0 Å². The molecule has 0 bridgehead atoms. The van der Waals surface area contributed by atoms with E-state index >= 15 is 0 Å². The second kappa shape index (κ2) is 17.7. The van der Waals surface area contributed by atoms with Crippen LogP contribution in [0.1, 0.15) is 6.42 Å². The molecule has 0 amide bonds. The van der Waals surface area contributed by atoms with Gasteiger partial charge in [-0.1, -0.05) is 0 Å². The molecule has 0 fully saturated rings. The average Bonchev–Trinajstić information content (AvgIpc) is 2.88. The second-order valence-electron chi connectivity index (χ2n) is 9.80. The number of hydrogen-bond donors (Lipinski definition) is 0. The van der Waals surface area contributed by atoms with Gasteiger partial charge in [-0.3, -0.25) is 4.79 Å². The SMILES string of the molecule is O=C(/C=C\C(=O)OC(COCC(F)(F)C(F)(F)F)COCC(F)(F)C(F)(F)F)CC(COCC(F)(F)C(F)(F)F)COCC(F)(F)C(F)(F)F. The maximum absolute atomic E-state index is 13.0. The Morgan fingerprint density at radius 2 is 0.720 bits per heavy atom. The van der Waals surface area contributed by atoms with E-state index in [1.54, 1.807) is 0 Å². The van der Waals surface area contributed by atoms with Gasteiger partial charge >= 0.3 is 54.4 Å². The maximum atomic E-state index is 13.0. The number of allylic oxidation sites excluding steroid dienone is 1. The van der Waals surface area contributed by atoms with Gasteiger partial charge < -0.3 is 23.7 Å². The van der Waals surface area contributed by atoms with Gasteiger partial charge in [-0.05, 0) is 6.08 Å². The van der Waals surface area contributed by atoms with E-state index in [9.17, 15) is 97.4 Å². The third kappa shape index (κ3) is 16.1. The van der Waals surface area contributed by atoms with Gasteiger partial charge in [-0.2, -0.15) is 87.8 Å². The van der Waals surface area contributed by atoms with Crippen LogP contribution in [0.25, 0.3) is 0 Å². The van der Waals surface area contributed by atoms with Crippen molar-refractivity contribution in [2.75, 3.05) is 52.9 Å². The van der Waals surface area contributed by atoms with Crippen LogP contribution in [-0.4, -0.2) is 119 Å². The van der Waals surface area contributed by atoms with Crippen LogP contribution in [0.4, 0.5) is 87.8 Å². The van der Waals surface area contributed by atoms with E-state index in [2.05, 4.69) is 23.7 Å². The Balaban J connectivity index is 5.64. The van der Waals surface area contributed by atoms with Crippen LogP contribution in [0.5, 0.6) is 0 Å². The van der Waals surface area contributed by atoms with Crippen molar-refractivity contribution in [2.24, 2.45) is 5.92 Å². The molecule has 0 aromatic carbocycles. The van der Waals surface area contributed by atoms with Crippen LogP contribution >= 0.6 is 0 Å². The van der Waals surface area contributed by atoms with E-state index in [0.717, 1.165) is 0 Å². The zero-order valence-electron chi connectivity index (χ0n) is 24.1. The van der Waals surface area contributed by atoms with Crippen molar-refractivity contribution in [1.82, 2.24) is 0 Å². The molecule has 0 rings (SSSR count). The van der Waals surface area contributed by atoms with Gasteiger partial charge in [0.15, 0.2) is 5.78 Å². The standard InChI is InChI=1S/C23H22F20O7/c24-16(25,20(32,33)34)8-46-4-12(5-47-9-17(26,27)21(35,36)37)3-13(44)1-2-15(45)50-14(6-48-10-18(28,29)22(38,39)40)7-49-11-19(30,31)23(41,42)43/h1-2,12,14H,3-11H2/b2-1-. The van der Waals surface area contributed by atoms with Gasteiger partial charge in [0.25, 0.3) is 0 Å². The molecule has 296 valence electrons. The number of carbonyl (C=O) groups excluding carboxylic acids is 2. The summed E-state index contributed by atoms with van der Waals surface area (Å²) < 4.78 is 272. The smallest absolute Gasteiger partial charge is 0.454 e. The fraction of sp³-hybridized carbons (Fsp3) is 0.826. The fourth-order valence-corrected chi connectivity index (χ4v) is 2.67. The Kier molecular flexibility index (Phi) is 16.7. The van der Waals surface area contributed by atoms with E-state index in [1.807, 2.05) is 0 Å². The molecule has 0 saturated heterocycles. The summed E-state index contributed by atoms with van der Waals surface area (Å²) in [4.78, 5) is 24.1. The van der Waals surface area contributed by atoms with Gasteiger partial charge in [0.05, 0.1) is 26.4 Å². The van der Waals surface area contributed by atoms with Gasteiger partial charge in [-0.25, -0.2) is 4.79 Å². The van der Waals surface area contributed by atoms with Crippen molar-refractivity contribution in [3.63, 3.8) is 0 Å². The quantitative estimate of drug-likeness (QED) is 0.0713. The second-order valence-corrected chi connectivity index (χ2v) is 9.80. The van der Waals surface area contributed by atoms with Crippen LogP contribution in [0.15, 0.2) is 12.2 Å². The summed E-state index contributed by atoms with van der Waals surface area (Å²) in [6, 6.07) is 0. The van der Waals surface area contributed by atoms with Gasteiger partial charge in [0.1, 0.15) is 32.5 Å². The summed E-state index contributed by atoms with van der Waals surface area (Å²) in [7, 11) is 0. The van der Waals surface area contributed by atoms with Gasteiger partial charge in [0, 0.05) is 18.4 Å². The first kappa shape index (κ1) is 47.3. The Hall–Kier alpha value is -2.68. The lowest BCUT2D eigenvalue weighted by atomic mass is 10.0. The summed E-state index contributed by atoms with van der Waals surface area (Å²) in [5.74, 6) is -27.3. The van der Waals surface area contributed by atoms with Gasteiger partial charge in [0.2, 0.25) is 0 Å². The average molecular weight is 790 g/mol. The van der Waals surface area contributed by atoms with E-state index < -0.39 is 131 Å². The molecular weight excluding hydrogens is 768 g/mol. The molecule has 27 heteroatoms. The normalized spacial score (nSPS) is 14.7. The molecule has 50 heavy (non-hydrogen) atoms. The lowest BCUT2D eigenvalue weighted by molar-refractivity contribution is -0.301. The molecule has 7 nitrogen and oxygen atoms in total. The van der Waals surface area contributed by atoms with E-state index in [4.69, 9.17) is 0 Å². The minimum Gasteiger partial charge on any atom is -0.454 e. The number of halogens is 20. The third-order valence-corrected chi connectivity index (χ3v) is 5.28. The lowest BCUT2D eigenvalue weighted by Crippen LogP contribution is -2.43. The summed E-state index contributed by atoms with van der Waals surface area (Å²) in [6.45, 7) is -15.8. The fourth-order valence-electron chi connectivity index (χ4n) is 2.67. The molecular formula is C23H22F20O7. The molecule has 0 aromatic heterocycles. The Morgan fingerprint density at radius 3 is 1.00 bits per heavy atom. The molecule has 0 heterocycles. The van der Waals surface area contributed by atoms with Crippen molar-refractivity contribution in [3.05, 3.63) is 12.2 Å². The van der Waals surface area contributed by atoms with Crippen LogP contribution in [-0.2, 0) is 33.3 Å². The number of rotatable bonds is 21. The Morgan fingerprint density at radius 1 is 0.440 bits per heavy atom. The third-order valence-electron chi connectivity index (χ3n) is 5.28. The first-order chi connectivity index (χ1) is 22.2. The topological polar surface area (TPSA) is 80.3 Å². The summed E-state index contributed by atoms with van der Waals surface area (Å²) >= 11 is 0. The van der Waals surface area contributed by atoms with Crippen LogP contribution in [0.3, 0.4) is 0 Å². The predicted octanol–water partition coefficient (Wildman–Crippen LogP) is 6.89. The van der Waals surface area contributed by atoms with Crippen LogP contribution in [0, 0.1) is 5.92 Å². The summed E-state index contributed by atoms with van der Waals surface area (Å²) in [6.07, 6.45) is -28.1. The number of carbonyl (C=O) groups is 2. The highest BCUT2D eigenvalue weighted by Gasteiger charge is 2.60. The minimum absolute atomic E-state index is 0.0261. The molecule has 0 unspecified atom stereocenters. The van der Waals surface area contributed by atoms with E-state index in [1.165, 1.54) is 0 Å². The molecule has 0 spiro atoms. The monoisotopic (exact) mass is 790 g/mol. The molecule has 0 aliphatic heterocycles. The molecule has 0 radical (unpaired) electrons. The number of ether oxygens (including phenoxy) is 5. The van der Waals surface area contributed by atoms with Crippen molar-refractivity contribution in [1.29, 1.82) is 0 Å². The Bertz CT molecular complexity index is 948. The largest absolute Gasteiger partial charge is 0.455 e. The van der Waals surface area contributed by atoms with Crippen molar-refractivity contribution < 1.29 is 121 Å². The minimum atomic E-state index is -6.19. The maximum Gasteiger partial charge on any atom is 0.455 e. The summed E-state index contributed by atoms with van der Waals surface area (Å²) in [5, 5.41) is 0. The predicted molar refractivity (Wildman–Crippen MR) is 119 cm³/mol. The number of esters is 1. The molecule has 0 atom stereocenters. The molecule has 0 saturated carbocycles. The first-order valence-corrected chi connectivity index (χ1v) is 12.7. The van der Waals surface area contributed by atoms with E-state index in [0.29, 0.717) is 0 Å². The zero-order chi connectivity index (χ0) is 39.6. The number of hydrogen-bond acceptors (Lipinski definition) is 7. The highest BCUT2D eigenvalue weighted by atomic mass is 19.4. The molecule has 0 aliphatic rings. The number of alkyl halides is 20. The van der Waals surface area contributed by atoms with Gasteiger partial charge in [-0.15, -0.1) is 0 Å². The molecule has 0 aromatic rings. The Labute approximate surface area is 265 Å². The zero-order valence-corrected chi connectivity index (χ0v) is 24.1. The van der Waals surface area contributed by atoms with Crippen molar-refractivity contribution >= 4 is 11.8 Å². The first-order valence-electron chi connectivity index (χ1n) is 12.7. The van der Waals surface area contributed by atoms with E-state index in [-0.39, 0.29) is 12.2 Å². The lowest BCUT2D eigenvalue weighted by Gasteiger charge is -2.23. The highest BCUT2D eigenvalue weighted by molar-refractivity contribution is 5.96. The highest BCUT2D eigenvalue weighted by Crippen LogP contribution is 2.38.